The Morgan fingerprint density at radius 1 is 0.489 bits per heavy atom. The van der Waals surface area contributed by atoms with Crippen molar-refractivity contribution in [3.05, 3.63) is 0 Å². The van der Waals surface area contributed by atoms with Crippen LogP contribution in [0.1, 0.15) is 92.4 Å². The number of quaternary nitrogens is 2. The Morgan fingerprint density at radius 2 is 0.915 bits per heavy atom. The van der Waals surface area contributed by atoms with Crippen LogP contribution >= 0.6 is 61.2 Å². The first-order valence-corrected chi connectivity index (χ1v) is 26.1. The number of piperazine rings is 4. The van der Waals surface area contributed by atoms with Crippen molar-refractivity contribution in [2.45, 2.75) is 117 Å². The maximum absolute atomic E-state index is 2.89. The SMILES string of the molecule is C1CN2CCN3CCCN4CCN(C1)C2C34.CC.CCCCC.CCCC[N+]12CCCN3CC[N+]4(C)CCCN(CC1)C4C32.I.II. The van der Waals surface area contributed by atoms with E-state index in [1.165, 1.54) is 178 Å². The zero-order chi connectivity index (χ0) is 33.2. The van der Waals surface area contributed by atoms with Crippen molar-refractivity contribution >= 4 is 61.2 Å². The second-order valence-corrected chi connectivity index (χ2v) is 15.3. The predicted octanol–water partition coefficient (Wildman–Crippen LogP) is 6.43. The molecule has 11 heteroatoms. The summed E-state index contributed by atoms with van der Waals surface area (Å²) in [6.45, 7) is 33.8. The molecule has 0 aromatic heterocycles. The van der Waals surface area contributed by atoms with Gasteiger partial charge < -0.3 is 8.97 Å². The molecule has 8 aliphatic heterocycles. The van der Waals surface area contributed by atoms with Crippen LogP contribution in [0.2, 0.25) is 0 Å². The molecular formula is C36H75I3N8+2. The lowest BCUT2D eigenvalue weighted by Gasteiger charge is -2.66. The molecule has 0 saturated carbocycles. The van der Waals surface area contributed by atoms with Crippen molar-refractivity contribution in [1.82, 2.24) is 29.4 Å². The monoisotopic (exact) mass is 1000 g/mol. The summed E-state index contributed by atoms with van der Waals surface area (Å²) in [7, 11) is 2.56. The summed E-state index contributed by atoms with van der Waals surface area (Å²) in [5.74, 6) is 0. The third-order valence-corrected chi connectivity index (χ3v) is 12.7. The van der Waals surface area contributed by atoms with Gasteiger partial charge in [-0.15, -0.1) is 24.0 Å². The molecule has 0 amide bonds. The second kappa shape index (κ2) is 21.5. The lowest BCUT2D eigenvalue weighted by Crippen LogP contribution is -2.86. The van der Waals surface area contributed by atoms with Gasteiger partial charge in [-0.25, -0.2) is 9.80 Å². The van der Waals surface area contributed by atoms with E-state index in [4.69, 9.17) is 0 Å². The van der Waals surface area contributed by atoms with Crippen LogP contribution in [0, 0.1) is 0 Å². The highest BCUT2D eigenvalue weighted by molar-refractivity contribution is 15.0. The van der Waals surface area contributed by atoms with Gasteiger partial charge >= 0.3 is 0 Å². The molecule has 8 saturated heterocycles. The third kappa shape index (κ3) is 9.90. The number of hydrogen-bond acceptors (Lipinski definition) is 6. The fourth-order valence-corrected chi connectivity index (χ4v) is 10.5. The maximum Gasteiger partial charge on any atom is 0.214 e. The molecule has 0 spiro atoms. The van der Waals surface area contributed by atoms with Gasteiger partial charge in [0.25, 0.3) is 0 Å². The molecule has 0 bridgehead atoms. The zero-order valence-electron chi connectivity index (χ0n) is 31.4. The molecule has 8 rings (SSSR count). The lowest BCUT2D eigenvalue weighted by molar-refractivity contribution is -1.05. The fourth-order valence-electron chi connectivity index (χ4n) is 10.5. The largest absolute Gasteiger partial charge is 0.304 e. The lowest BCUT2D eigenvalue weighted by atomic mass is 9.95. The molecule has 0 aromatic carbocycles. The van der Waals surface area contributed by atoms with Crippen molar-refractivity contribution in [3.8, 4) is 0 Å². The Labute approximate surface area is 332 Å². The van der Waals surface area contributed by atoms with Gasteiger partial charge in [-0.3, -0.25) is 19.6 Å². The highest BCUT2D eigenvalue weighted by Gasteiger charge is 2.62. The van der Waals surface area contributed by atoms with E-state index >= 15 is 0 Å². The quantitative estimate of drug-likeness (QED) is 0.232. The van der Waals surface area contributed by atoms with E-state index in [0.29, 0.717) is 0 Å². The van der Waals surface area contributed by atoms with Crippen molar-refractivity contribution < 1.29 is 8.97 Å². The van der Waals surface area contributed by atoms with Gasteiger partial charge in [0.1, 0.15) is 0 Å². The van der Waals surface area contributed by atoms with Crippen molar-refractivity contribution in [3.63, 3.8) is 0 Å². The van der Waals surface area contributed by atoms with Crippen molar-refractivity contribution in [2.24, 2.45) is 0 Å². The average Bonchev–Trinajstić information content (AvgIpc) is 3.11. The molecule has 47 heavy (non-hydrogen) atoms. The minimum Gasteiger partial charge on any atom is -0.304 e. The van der Waals surface area contributed by atoms with Crippen molar-refractivity contribution in [2.75, 3.05) is 118 Å². The van der Waals surface area contributed by atoms with Crippen molar-refractivity contribution in [1.29, 1.82) is 0 Å². The van der Waals surface area contributed by atoms with Gasteiger partial charge in [0.05, 0.1) is 65.2 Å². The summed E-state index contributed by atoms with van der Waals surface area (Å²) >= 11 is 4.24. The Kier molecular flexibility index (Phi) is 19.8. The number of nitrogens with zero attached hydrogens (tertiary/aromatic N) is 8. The van der Waals surface area contributed by atoms with E-state index in [1.54, 1.807) is 0 Å². The van der Waals surface area contributed by atoms with E-state index in [-0.39, 0.29) is 24.0 Å². The highest BCUT2D eigenvalue weighted by Crippen LogP contribution is 2.41. The molecule has 0 aromatic rings. The second-order valence-electron chi connectivity index (χ2n) is 15.3. The number of unbranched alkanes of at least 4 members (excludes halogenated alkanes) is 3. The molecule has 278 valence electrons. The molecule has 0 N–H and O–H groups in total. The summed E-state index contributed by atoms with van der Waals surface area (Å²) < 4.78 is 2.77. The number of likely N-dealkylation sites (N-methyl/N-ethyl adjacent to an activating group) is 1. The van der Waals surface area contributed by atoms with Gasteiger partial charge in [0, 0.05) is 116 Å². The van der Waals surface area contributed by atoms with Crippen LogP contribution in [0.3, 0.4) is 0 Å². The molecule has 8 fully saturated rings. The van der Waals surface area contributed by atoms with E-state index in [1.807, 2.05) is 13.8 Å². The van der Waals surface area contributed by atoms with Crippen LogP contribution in [0.15, 0.2) is 0 Å². The molecule has 4 unspecified atom stereocenters. The predicted molar refractivity (Wildman–Crippen MR) is 229 cm³/mol. The summed E-state index contributed by atoms with van der Waals surface area (Å²) in [6.07, 6.45) is 15.5. The summed E-state index contributed by atoms with van der Waals surface area (Å²) in [5.41, 5.74) is 0. The topological polar surface area (TPSA) is 19.4 Å². The number of hydrogen-bond donors (Lipinski definition) is 0. The molecular weight excluding hydrogens is 925 g/mol. The van der Waals surface area contributed by atoms with Gasteiger partial charge in [0.2, 0.25) is 12.3 Å². The minimum absolute atomic E-state index is 0. The molecule has 8 nitrogen and oxygen atoms in total. The summed E-state index contributed by atoms with van der Waals surface area (Å²) in [5, 5.41) is 0. The maximum atomic E-state index is 2.89. The van der Waals surface area contributed by atoms with Crippen LogP contribution < -0.4 is 0 Å². The normalized spacial score (nSPS) is 36.5. The van der Waals surface area contributed by atoms with Gasteiger partial charge in [-0.05, 0) is 19.3 Å². The van der Waals surface area contributed by atoms with Gasteiger partial charge in [-0.2, -0.15) is 0 Å². The van der Waals surface area contributed by atoms with Gasteiger partial charge in [-0.1, -0.05) is 60.3 Å². The Morgan fingerprint density at radius 3 is 1.38 bits per heavy atom. The van der Waals surface area contributed by atoms with E-state index in [2.05, 4.69) is 94.5 Å². The summed E-state index contributed by atoms with van der Waals surface area (Å²) in [4.78, 5) is 16.7. The van der Waals surface area contributed by atoms with Gasteiger partial charge in [0.15, 0.2) is 0 Å². The van der Waals surface area contributed by atoms with Crippen LogP contribution in [0.5, 0.6) is 0 Å². The minimum atomic E-state index is 0. The van der Waals surface area contributed by atoms with E-state index < -0.39 is 0 Å². The van der Waals surface area contributed by atoms with Crippen LogP contribution in [-0.4, -0.2) is 181 Å². The Bertz CT molecular complexity index is 820. The van der Waals surface area contributed by atoms with Crippen LogP contribution in [-0.2, 0) is 0 Å². The molecule has 0 radical (unpaired) electrons. The number of rotatable bonds is 5. The Balaban J connectivity index is 0.000000205. The third-order valence-electron chi connectivity index (χ3n) is 12.7. The Hall–Kier alpha value is 1.87. The first-order valence-electron chi connectivity index (χ1n) is 19.8. The van der Waals surface area contributed by atoms with E-state index in [9.17, 15) is 0 Å². The smallest absolute Gasteiger partial charge is 0.214 e. The van der Waals surface area contributed by atoms with Crippen LogP contribution in [0.25, 0.3) is 0 Å². The molecule has 8 aliphatic rings. The number of halogens is 3. The van der Waals surface area contributed by atoms with E-state index in [0.717, 1.165) is 24.7 Å². The average molecular weight is 1000 g/mol. The zero-order valence-corrected chi connectivity index (χ0v) is 38.1. The fraction of sp³-hybridized carbons (Fsp3) is 1.00. The highest BCUT2D eigenvalue weighted by atomic mass is 128. The first kappa shape index (κ1) is 43.3. The molecule has 4 atom stereocenters. The standard InChI is InChI=1S/C17H34N4.C12H22N4.C5H12.C2H6.I2.HI/c1-3-4-12-21-13-6-8-19-9-14-20(2)11-5-7-18(10-15-21)16(20)17(19)21;1-3-13-7-9-15-5-2-6-16-10-8-14(4-1)11(13)12(15)16;1-3-5-4-2;2*1-2;/h16-17H,3-15H2,1-2H3;11-12H,1-10H2;3-5H2,1-2H3;1-2H3;;1H/q+2;;;;;. The molecule has 8 heterocycles. The summed E-state index contributed by atoms with van der Waals surface area (Å²) in [6, 6.07) is 0. The molecule has 0 aliphatic carbocycles. The van der Waals surface area contributed by atoms with Crippen LogP contribution in [0.4, 0.5) is 0 Å². The first-order chi connectivity index (χ1) is 22.5.